The summed E-state index contributed by atoms with van der Waals surface area (Å²) in [5.74, 6) is 0.0665. The van der Waals surface area contributed by atoms with Gasteiger partial charge in [0.05, 0.1) is 11.4 Å². The quantitative estimate of drug-likeness (QED) is 0.788. The molecule has 2 rings (SSSR count). The van der Waals surface area contributed by atoms with Crippen molar-refractivity contribution < 1.29 is 13.5 Å². The second kappa shape index (κ2) is 6.22. The monoisotopic (exact) mass is 298 g/mol. The highest BCUT2D eigenvalue weighted by Gasteiger charge is 2.35. The molecule has 1 heterocycles. The van der Waals surface area contributed by atoms with Gasteiger partial charge in [-0.05, 0) is 24.9 Å². The fraction of sp³-hybridized carbons (Fsp3) is 0.571. The summed E-state index contributed by atoms with van der Waals surface area (Å²) < 4.78 is 25.7. The zero-order valence-electron chi connectivity index (χ0n) is 11.7. The van der Waals surface area contributed by atoms with Gasteiger partial charge in [-0.3, -0.25) is 0 Å². The summed E-state index contributed by atoms with van der Waals surface area (Å²) in [6, 6.07) is 9.55. The van der Waals surface area contributed by atoms with E-state index in [-0.39, 0.29) is 12.3 Å². The summed E-state index contributed by atoms with van der Waals surface area (Å²) in [7, 11) is -1.80. The van der Waals surface area contributed by atoms with E-state index in [1.165, 1.54) is 11.4 Å². The van der Waals surface area contributed by atoms with Crippen LogP contribution < -0.4 is 5.32 Å². The highest BCUT2D eigenvalue weighted by atomic mass is 32.2. The second-order valence-electron chi connectivity index (χ2n) is 5.46. The number of aliphatic hydroxyl groups is 1. The highest BCUT2D eigenvalue weighted by Crippen LogP contribution is 2.17. The molecule has 0 bridgehead atoms. The van der Waals surface area contributed by atoms with Crippen LogP contribution in [0.4, 0.5) is 0 Å². The van der Waals surface area contributed by atoms with Crippen molar-refractivity contribution >= 4 is 10.0 Å². The van der Waals surface area contributed by atoms with Gasteiger partial charge >= 0.3 is 0 Å². The summed E-state index contributed by atoms with van der Waals surface area (Å²) in [5, 5.41) is 13.3. The molecule has 20 heavy (non-hydrogen) atoms. The number of likely N-dealkylation sites (N-methyl/N-ethyl adjacent to an activating group) is 1. The third-order valence-corrected chi connectivity index (χ3v) is 5.50. The molecule has 1 aliphatic heterocycles. The molecule has 5 nitrogen and oxygen atoms in total. The fourth-order valence-electron chi connectivity index (χ4n) is 2.43. The number of benzene rings is 1. The smallest absolute Gasteiger partial charge is 0.214 e. The van der Waals surface area contributed by atoms with Crippen LogP contribution in [0.25, 0.3) is 0 Å². The van der Waals surface area contributed by atoms with Gasteiger partial charge in [-0.1, -0.05) is 30.3 Å². The third-order valence-electron chi connectivity index (χ3n) is 3.70. The zero-order valence-corrected chi connectivity index (χ0v) is 12.6. The van der Waals surface area contributed by atoms with Gasteiger partial charge in [0.25, 0.3) is 0 Å². The fourth-order valence-corrected chi connectivity index (χ4v) is 3.67. The van der Waals surface area contributed by atoms with Crippen molar-refractivity contribution in [2.45, 2.75) is 18.4 Å². The molecule has 1 fully saturated rings. The minimum absolute atomic E-state index is 0.0665. The van der Waals surface area contributed by atoms with E-state index in [0.29, 0.717) is 19.4 Å². The van der Waals surface area contributed by atoms with Crippen LogP contribution >= 0.6 is 0 Å². The number of hydrogen-bond donors (Lipinski definition) is 2. The molecular formula is C14H22N2O3S. The van der Waals surface area contributed by atoms with Crippen molar-refractivity contribution in [2.75, 3.05) is 32.4 Å². The second-order valence-corrected chi connectivity index (χ2v) is 7.65. The van der Waals surface area contributed by atoms with Crippen LogP contribution in [0, 0.1) is 0 Å². The summed E-state index contributed by atoms with van der Waals surface area (Å²) >= 11 is 0. The van der Waals surface area contributed by atoms with Crippen molar-refractivity contribution in [3.63, 3.8) is 0 Å². The Morgan fingerprint density at radius 3 is 2.65 bits per heavy atom. The normalized spacial score (nSPS) is 23.4. The summed E-state index contributed by atoms with van der Waals surface area (Å²) in [6.07, 6.45) is 1.08. The molecular weight excluding hydrogens is 276 g/mol. The number of aryl methyl sites for hydroxylation is 1. The number of nitrogens with one attached hydrogen (secondary N) is 1. The zero-order chi connectivity index (χ0) is 14.6. The average molecular weight is 298 g/mol. The van der Waals surface area contributed by atoms with E-state index in [9.17, 15) is 13.5 Å². The van der Waals surface area contributed by atoms with E-state index in [4.69, 9.17) is 0 Å². The standard InChI is InChI=1S/C14H22N2O3S/c1-16(12-14(17)8-9-15-11-14)20(18,19)10-7-13-5-3-2-4-6-13/h2-6,15,17H,7-12H2,1H3. The van der Waals surface area contributed by atoms with E-state index in [1.807, 2.05) is 30.3 Å². The molecule has 0 aromatic heterocycles. The third kappa shape index (κ3) is 4.02. The molecule has 112 valence electrons. The average Bonchev–Trinajstić information content (AvgIpc) is 2.84. The summed E-state index contributed by atoms with van der Waals surface area (Å²) in [5.41, 5.74) is 0.0694. The molecule has 0 saturated carbocycles. The van der Waals surface area contributed by atoms with E-state index in [0.717, 1.165) is 12.1 Å². The maximum absolute atomic E-state index is 12.2. The van der Waals surface area contributed by atoms with Crippen LogP contribution in [0.15, 0.2) is 30.3 Å². The lowest BCUT2D eigenvalue weighted by atomic mass is 10.0. The molecule has 0 amide bonds. The van der Waals surface area contributed by atoms with Gasteiger partial charge in [0.2, 0.25) is 10.0 Å². The molecule has 0 spiro atoms. The van der Waals surface area contributed by atoms with E-state index < -0.39 is 15.6 Å². The summed E-state index contributed by atoms with van der Waals surface area (Å²) in [6.45, 7) is 1.33. The van der Waals surface area contributed by atoms with Gasteiger partial charge in [0.1, 0.15) is 0 Å². The molecule has 1 saturated heterocycles. The Kier molecular flexibility index (Phi) is 4.80. The van der Waals surface area contributed by atoms with Gasteiger partial charge in [-0.2, -0.15) is 0 Å². The van der Waals surface area contributed by atoms with Crippen LogP contribution in [0.5, 0.6) is 0 Å². The van der Waals surface area contributed by atoms with Gasteiger partial charge < -0.3 is 10.4 Å². The minimum atomic E-state index is -3.34. The van der Waals surface area contributed by atoms with Crippen molar-refractivity contribution in [3.8, 4) is 0 Å². The molecule has 1 aromatic carbocycles. The van der Waals surface area contributed by atoms with Gasteiger partial charge in [0.15, 0.2) is 0 Å². The summed E-state index contributed by atoms with van der Waals surface area (Å²) in [4.78, 5) is 0. The van der Waals surface area contributed by atoms with E-state index >= 15 is 0 Å². The maximum Gasteiger partial charge on any atom is 0.214 e. The van der Waals surface area contributed by atoms with Crippen LogP contribution in [-0.4, -0.2) is 55.9 Å². The first-order valence-electron chi connectivity index (χ1n) is 6.82. The van der Waals surface area contributed by atoms with Crippen LogP contribution in [0.3, 0.4) is 0 Å². The molecule has 1 unspecified atom stereocenters. The van der Waals surface area contributed by atoms with Crippen LogP contribution in [-0.2, 0) is 16.4 Å². The largest absolute Gasteiger partial charge is 0.387 e. The Morgan fingerprint density at radius 2 is 2.05 bits per heavy atom. The Balaban J connectivity index is 1.92. The van der Waals surface area contributed by atoms with Crippen molar-refractivity contribution in [1.82, 2.24) is 9.62 Å². The van der Waals surface area contributed by atoms with Crippen LogP contribution in [0.2, 0.25) is 0 Å². The van der Waals surface area contributed by atoms with Crippen LogP contribution in [0.1, 0.15) is 12.0 Å². The number of hydrogen-bond acceptors (Lipinski definition) is 4. The Morgan fingerprint density at radius 1 is 1.35 bits per heavy atom. The Hall–Kier alpha value is -0.950. The molecule has 1 aromatic rings. The van der Waals surface area contributed by atoms with E-state index in [2.05, 4.69) is 5.32 Å². The number of sulfonamides is 1. The molecule has 0 aliphatic carbocycles. The van der Waals surface area contributed by atoms with Gasteiger partial charge in [-0.15, -0.1) is 0 Å². The maximum atomic E-state index is 12.2. The number of nitrogens with zero attached hydrogens (tertiary/aromatic N) is 1. The van der Waals surface area contributed by atoms with Crippen molar-refractivity contribution in [1.29, 1.82) is 0 Å². The lowest BCUT2D eigenvalue weighted by molar-refractivity contribution is 0.0462. The molecule has 1 atom stereocenters. The molecule has 1 aliphatic rings. The van der Waals surface area contributed by atoms with Gasteiger partial charge in [-0.25, -0.2) is 12.7 Å². The van der Waals surface area contributed by atoms with Crippen molar-refractivity contribution in [2.24, 2.45) is 0 Å². The highest BCUT2D eigenvalue weighted by molar-refractivity contribution is 7.89. The predicted octanol–water partition coefficient (Wildman–Crippen LogP) is 0.215. The van der Waals surface area contributed by atoms with Crippen molar-refractivity contribution in [3.05, 3.63) is 35.9 Å². The lowest BCUT2D eigenvalue weighted by Gasteiger charge is -2.27. The molecule has 2 N–H and O–H groups in total. The number of rotatable bonds is 6. The predicted molar refractivity (Wildman–Crippen MR) is 79.0 cm³/mol. The Labute approximate surface area is 120 Å². The first-order valence-corrected chi connectivity index (χ1v) is 8.43. The van der Waals surface area contributed by atoms with E-state index in [1.54, 1.807) is 0 Å². The first-order chi connectivity index (χ1) is 9.41. The molecule has 6 heteroatoms. The topological polar surface area (TPSA) is 69.6 Å². The van der Waals surface area contributed by atoms with Gasteiger partial charge in [0, 0.05) is 20.1 Å². The lowest BCUT2D eigenvalue weighted by Crippen LogP contribution is -2.46. The molecule has 0 radical (unpaired) electrons. The first kappa shape index (κ1) is 15.4. The number of β-amino-alcohol motifs (C(OH)–C–C–N with tert-alkyl or cyclic N) is 1. The minimum Gasteiger partial charge on any atom is -0.387 e. The SMILES string of the molecule is CN(CC1(O)CCNC1)S(=O)(=O)CCc1ccccc1. The Bertz CT molecular complexity index is 525.